The quantitative estimate of drug-likeness (QED) is 0.584. The molecule has 0 fully saturated rings. The van der Waals surface area contributed by atoms with Gasteiger partial charge in [0.1, 0.15) is 18.5 Å². The first-order chi connectivity index (χ1) is 11.9. The summed E-state index contributed by atoms with van der Waals surface area (Å²) in [4.78, 5) is 33.7. The average molecular weight is 344 g/mol. The molecule has 0 saturated carbocycles. The SMILES string of the molecule is CC(=O)c1ccc(OC[C@H](C)OC(=O)CCC(=O)O)c2ccccc12. The topological polar surface area (TPSA) is 89.9 Å². The van der Waals surface area contributed by atoms with Crippen LogP contribution in [0.2, 0.25) is 0 Å². The molecule has 0 radical (unpaired) electrons. The summed E-state index contributed by atoms with van der Waals surface area (Å²) in [5, 5.41) is 10.2. The lowest BCUT2D eigenvalue weighted by molar-refractivity contribution is -0.152. The molecule has 0 saturated heterocycles. The van der Waals surface area contributed by atoms with Crippen molar-refractivity contribution >= 4 is 28.5 Å². The van der Waals surface area contributed by atoms with E-state index in [1.165, 1.54) is 6.92 Å². The lowest BCUT2D eigenvalue weighted by Gasteiger charge is -2.16. The fourth-order valence-electron chi connectivity index (χ4n) is 2.44. The highest BCUT2D eigenvalue weighted by molar-refractivity contribution is 6.08. The number of rotatable bonds is 8. The lowest BCUT2D eigenvalue weighted by atomic mass is 10.0. The molecule has 0 aliphatic carbocycles. The van der Waals surface area contributed by atoms with Gasteiger partial charge in [0.25, 0.3) is 0 Å². The summed E-state index contributed by atoms with van der Waals surface area (Å²) < 4.78 is 10.9. The minimum atomic E-state index is -1.04. The van der Waals surface area contributed by atoms with Crippen LogP contribution in [-0.4, -0.2) is 35.5 Å². The van der Waals surface area contributed by atoms with Gasteiger partial charge in [0.05, 0.1) is 12.8 Å². The maximum absolute atomic E-state index is 11.7. The van der Waals surface area contributed by atoms with Gasteiger partial charge in [-0.1, -0.05) is 24.3 Å². The van der Waals surface area contributed by atoms with Crippen LogP contribution < -0.4 is 4.74 Å². The Bertz CT molecular complexity index is 796. The molecule has 0 aliphatic heterocycles. The van der Waals surface area contributed by atoms with Gasteiger partial charge in [-0.05, 0) is 31.4 Å². The standard InChI is InChI=1S/C19H20O6/c1-12(25-19(23)10-9-18(21)22)11-24-17-8-7-14(13(2)20)15-5-3-4-6-16(15)17/h3-8,12H,9-11H2,1-2H3,(H,21,22)/t12-/m0/s1. The molecule has 0 aliphatic rings. The zero-order chi connectivity index (χ0) is 18.4. The highest BCUT2D eigenvalue weighted by Crippen LogP contribution is 2.29. The zero-order valence-electron chi connectivity index (χ0n) is 14.2. The molecule has 6 nitrogen and oxygen atoms in total. The van der Waals surface area contributed by atoms with Gasteiger partial charge in [-0.15, -0.1) is 0 Å². The van der Waals surface area contributed by atoms with Crippen molar-refractivity contribution in [3.63, 3.8) is 0 Å². The summed E-state index contributed by atoms with van der Waals surface area (Å²) in [7, 11) is 0. The molecule has 2 aromatic carbocycles. The van der Waals surface area contributed by atoms with Crippen molar-refractivity contribution < 1.29 is 29.0 Å². The average Bonchev–Trinajstić information content (AvgIpc) is 2.57. The van der Waals surface area contributed by atoms with E-state index in [0.717, 1.165) is 10.8 Å². The number of benzene rings is 2. The molecule has 2 aromatic rings. The Morgan fingerprint density at radius 2 is 1.72 bits per heavy atom. The number of carboxylic acid groups (broad SMARTS) is 1. The van der Waals surface area contributed by atoms with E-state index in [1.54, 1.807) is 19.1 Å². The van der Waals surface area contributed by atoms with E-state index >= 15 is 0 Å². The smallest absolute Gasteiger partial charge is 0.306 e. The number of Topliss-reactive ketones (excluding diaryl/α,β-unsaturated/α-hetero) is 1. The molecular formula is C19H20O6. The van der Waals surface area contributed by atoms with E-state index in [2.05, 4.69) is 0 Å². The normalized spacial score (nSPS) is 11.8. The molecule has 0 amide bonds. The Kier molecular flexibility index (Phi) is 6.11. The summed E-state index contributed by atoms with van der Waals surface area (Å²) in [6, 6.07) is 10.9. The molecule has 0 spiro atoms. The number of carboxylic acids is 1. The van der Waals surface area contributed by atoms with E-state index in [9.17, 15) is 14.4 Å². The number of ketones is 1. The number of carbonyl (C=O) groups excluding carboxylic acids is 2. The van der Waals surface area contributed by atoms with Gasteiger partial charge in [0.2, 0.25) is 0 Å². The number of ether oxygens (including phenoxy) is 2. The monoisotopic (exact) mass is 344 g/mol. The second-order valence-electron chi connectivity index (χ2n) is 5.72. The lowest BCUT2D eigenvalue weighted by Crippen LogP contribution is -2.22. The van der Waals surface area contributed by atoms with E-state index in [4.69, 9.17) is 14.6 Å². The highest BCUT2D eigenvalue weighted by atomic mass is 16.6. The molecule has 132 valence electrons. The van der Waals surface area contributed by atoms with Crippen molar-refractivity contribution in [1.29, 1.82) is 0 Å². The first-order valence-electron chi connectivity index (χ1n) is 7.95. The van der Waals surface area contributed by atoms with Gasteiger partial charge < -0.3 is 14.6 Å². The van der Waals surface area contributed by atoms with Crippen LogP contribution >= 0.6 is 0 Å². The van der Waals surface area contributed by atoms with Gasteiger partial charge in [-0.3, -0.25) is 14.4 Å². The molecule has 0 bridgehead atoms. The Morgan fingerprint density at radius 3 is 2.36 bits per heavy atom. The molecule has 0 heterocycles. The first kappa shape index (κ1) is 18.4. The van der Waals surface area contributed by atoms with E-state index in [-0.39, 0.29) is 25.2 Å². The summed E-state index contributed by atoms with van der Waals surface area (Å²) in [6.45, 7) is 3.31. The molecule has 0 aromatic heterocycles. The second kappa shape index (κ2) is 8.28. The van der Waals surface area contributed by atoms with Crippen LogP contribution in [0.5, 0.6) is 5.75 Å². The number of aliphatic carboxylic acids is 1. The van der Waals surface area contributed by atoms with Crippen molar-refractivity contribution in [1.82, 2.24) is 0 Å². The fourth-order valence-corrected chi connectivity index (χ4v) is 2.44. The van der Waals surface area contributed by atoms with Crippen LogP contribution in [0.4, 0.5) is 0 Å². The van der Waals surface area contributed by atoms with Crippen molar-refractivity contribution in [2.45, 2.75) is 32.8 Å². The maximum Gasteiger partial charge on any atom is 0.306 e. The van der Waals surface area contributed by atoms with Crippen LogP contribution in [0.25, 0.3) is 10.8 Å². The first-order valence-corrected chi connectivity index (χ1v) is 7.95. The molecule has 2 rings (SSSR count). The summed E-state index contributed by atoms with van der Waals surface area (Å²) >= 11 is 0. The number of hydrogen-bond donors (Lipinski definition) is 1. The Balaban J connectivity index is 2.04. The van der Waals surface area contributed by atoms with Crippen LogP contribution in [0, 0.1) is 0 Å². The summed E-state index contributed by atoms with van der Waals surface area (Å²) in [5.74, 6) is -1.05. The molecule has 6 heteroatoms. The van der Waals surface area contributed by atoms with Crippen molar-refractivity contribution in [2.24, 2.45) is 0 Å². The van der Waals surface area contributed by atoms with Crippen LogP contribution in [0.3, 0.4) is 0 Å². The minimum Gasteiger partial charge on any atom is -0.489 e. The predicted molar refractivity (Wildman–Crippen MR) is 91.9 cm³/mol. The molecule has 0 unspecified atom stereocenters. The van der Waals surface area contributed by atoms with Crippen molar-refractivity contribution in [3.8, 4) is 5.75 Å². The summed E-state index contributed by atoms with van der Waals surface area (Å²) in [5.41, 5.74) is 0.621. The van der Waals surface area contributed by atoms with Crippen LogP contribution in [0.15, 0.2) is 36.4 Å². The third-order valence-electron chi connectivity index (χ3n) is 3.61. The van der Waals surface area contributed by atoms with Gasteiger partial charge in [0.15, 0.2) is 5.78 Å². The predicted octanol–water partition coefficient (Wildman–Crippen LogP) is 3.22. The van der Waals surface area contributed by atoms with Gasteiger partial charge >= 0.3 is 11.9 Å². The number of esters is 1. The zero-order valence-corrected chi connectivity index (χ0v) is 14.2. The highest BCUT2D eigenvalue weighted by Gasteiger charge is 2.14. The molecular weight excluding hydrogens is 324 g/mol. The largest absolute Gasteiger partial charge is 0.489 e. The van der Waals surface area contributed by atoms with Crippen molar-refractivity contribution in [2.75, 3.05) is 6.61 Å². The van der Waals surface area contributed by atoms with Crippen LogP contribution in [0.1, 0.15) is 37.0 Å². The van der Waals surface area contributed by atoms with Gasteiger partial charge in [-0.25, -0.2) is 0 Å². The maximum atomic E-state index is 11.7. The molecule has 1 atom stereocenters. The Labute approximate surface area is 145 Å². The van der Waals surface area contributed by atoms with Gasteiger partial charge in [-0.2, -0.15) is 0 Å². The van der Waals surface area contributed by atoms with E-state index in [1.807, 2.05) is 24.3 Å². The molecule has 1 N–H and O–H groups in total. The van der Waals surface area contributed by atoms with E-state index < -0.39 is 18.0 Å². The van der Waals surface area contributed by atoms with Gasteiger partial charge in [0, 0.05) is 10.9 Å². The third-order valence-corrected chi connectivity index (χ3v) is 3.61. The number of hydrogen-bond acceptors (Lipinski definition) is 5. The minimum absolute atomic E-state index is 0.0246. The fraction of sp³-hybridized carbons (Fsp3) is 0.316. The van der Waals surface area contributed by atoms with E-state index in [0.29, 0.717) is 11.3 Å². The summed E-state index contributed by atoms with van der Waals surface area (Å²) in [6.07, 6.45) is -0.952. The van der Waals surface area contributed by atoms with Crippen molar-refractivity contribution in [3.05, 3.63) is 42.0 Å². The third kappa shape index (κ3) is 5.04. The Morgan fingerprint density at radius 1 is 1.04 bits per heavy atom. The number of carbonyl (C=O) groups is 3. The second-order valence-corrected chi connectivity index (χ2v) is 5.72. The Hall–Kier alpha value is -2.89. The van der Waals surface area contributed by atoms with Crippen LogP contribution in [-0.2, 0) is 14.3 Å². The molecule has 25 heavy (non-hydrogen) atoms. The number of fused-ring (bicyclic) bond motifs is 1.